The van der Waals surface area contributed by atoms with Crippen molar-refractivity contribution in [3.05, 3.63) is 35.6 Å². The van der Waals surface area contributed by atoms with Crippen LogP contribution in [0.5, 0.6) is 0 Å². The molecule has 0 aromatic heterocycles. The van der Waals surface area contributed by atoms with E-state index in [2.05, 4.69) is 5.16 Å². The Morgan fingerprint density at radius 3 is 2.42 bits per heavy atom. The summed E-state index contributed by atoms with van der Waals surface area (Å²) < 4.78 is 12.4. The number of carbonyl (C=O) groups excluding carboxylic acids is 1. The number of hydrogen-bond donors (Lipinski definition) is 1. The molecule has 1 aromatic carbocycles. The Hall–Kier alpha value is -1.71. The normalized spacial score (nSPS) is 11.2. The Bertz CT molecular complexity index is 305. The molecule has 0 atom stereocenters. The van der Waals surface area contributed by atoms with Gasteiger partial charge in [-0.25, -0.2) is 4.39 Å². The molecule has 0 aliphatic heterocycles. The Morgan fingerprint density at radius 2 is 2.00 bits per heavy atom. The largest absolute Gasteiger partial charge is 0.410 e. The van der Waals surface area contributed by atoms with Crippen LogP contribution in [-0.4, -0.2) is 17.2 Å². The van der Waals surface area contributed by atoms with E-state index in [1.54, 1.807) is 0 Å². The molecule has 0 bridgehead atoms. The van der Waals surface area contributed by atoms with E-state index in [-0.39, 0.29) is 5.71 Å². The molecule has 0 saturated carbocycles. The molecule has 62 valence electrons. The molecule has 0 amide bonds. The highest BCUT2D eigenvalue weighted by molar-refractivity contribution is 6.36. The summed E-state index contributed by atoms with van der Waals surface area (Å²) in [5, 5.41) is 11.0. The summed E-state index contributed by atoms with van der Waals surface area (Å²) in [6.07, 6.45) is 0.396. The SMILES string of the molecule is O=C/C(=N\O)c1ccc(F)cc1. The molecule has 0 radical (unpaired) electrons. The number of carbonyl (C=O) groups is 1. The minimum absolute atomic E-state index is 0.116. The molecule has 4 heteroatoms. The zero-order valence-corrected chi connectivity index (χ0v) is 6.07. The van der Waals surface area contributed by atoms with E-state index >= 15 is 0 Å². The van der Waals surface area contributed by atoms with Crippen LogP contribution in [0.15, 0.2) is 29.4 Å². The van der Waals surface area contributed by atoms with Crippen LogP contribution in [0.2, 0.25) is 0 Å². The van der Waals surface area contributed by atoms with Crippen molar-refractivity contribution in [3.8, 4) is 0 Å². The van der Waals surface area contributed by atoms with Crippen molar-refractivity contribution in [2.24, 2.45) is 5.16 Å². The van der Waals surface area contributed by atoms with E-state index in [4.69, 9.17) is 5.21 Å². The van der Waals surface area contributed by atoms with Gasteiger partial charge in [0.1, 0.15) is 11.5 Å². The first-order valence-corrected chi connectivity index (χ1v) is 3.21. The van der Waals surface area contributed by atoms with Crippen molar-refractivity contribution in [2.45, 2.75) is 0 Å². The molecular weight excluding hydrogens is 161 g/mol. The van der Waals surface area contributed by atoms with Crippen LogP contribution in [0.4, 0.5) is 4.39 Å². The van der Waals surface area contributed by atoms with Crippen molar-refractivity contribution in [1.82, 2.24) is 0 Å². The second kappa shape index (κ2) is 3.61. The van der Waals surface area contributed by atoms with Crippen molar-refractivity contribution in [3.63, 3.8) is 0 Å². The molecule has 0 saturated heterocycles. The molecule has 3 nitrogen and oxygen atoms in total. The number of aldehydes is 1. The highest BCUT2D eigenvalue weighted by Crippen LogP contribution is 2.02. The predicted octanol–water partition coefficient (Wildman–Crippen LogP) is 1.20. The highest BCUT2D eigenvalue weighted by Gasteiger charge is 2.01. The first kappa shape index (κ1) is 8.39. The fourth-order valence-electron chi connectivity index (χ4n) is 0.770. The van der Waals surface area contributed by atoms with Gasteiger partial charge < -0.3 is 5.21 Å². The number of nitrogens with zero attached hydrogens (tertiary/aromatic N) is 1. The average molecular weight is 167 g/mol. The number of benzene rings is 1. The van der Waals surface area contributed by atoms with Crippen molar-refractivity contribution < 1.29 is 14.4 Å². The summed E-state index contributed by atoms with van der Waals surface area (Å²) in [4.78, 5) is 10.2. The van der Waals surface area contributed by atoms with Gasteiger partial charge in [0.15, 0.2) is 6.29 Å². The van der Waals surface area contributed by atoms with Gasteiger partial charge in [-0.1, -0.05) is 5.16 Å². The molecule has 0 heterocycles. The number of hydrogen-bond acceptors (Lipinski definition) is 3. The lowest BCUT2D eigenvalue weighted by atomic mass is 10.1. The van der Waals surface area contributed by atoms with Gasteiger partial charge >= 0.3 is 0 Å². The van der Waals surface area contributed by atoms with Crippen molar-refractivity contribution >= 4 is 12.0 Å². The minimum Gasteiger partial charge on any atom is -0.410 e. The quantitative estimate of drug-likeness (QED) is 0.311. The van der Waals surface area contributed by atoms with E-state index in [9.17, 15) is 9.18 Å². The number of rotatable bonds is 2. The van der Waals surface area contributed by atoms with Gasteiger partial charge in [0, 0.05) is 5.56 Å². The highest BCUT2D eigenvalue weighted by atomic mass is 19.1. The molecular formula is C8H6FNO2. The lowest BCUT2D eigenvalue weighted by Crippen LogP contribution is -2.01. The smallest absolute Gasteiger partial charge is 0.172 e. The fraction of sp³-hybridized carbons (Fsp3) is 0. The van der Waals surface area contributed by atoms with Gasteiger partial charge in [0.05, 0.1) is 0 Å². The van der Waals surface area contributed by atoms with Crippen molar-refractivity contribution in [1.29, 1.82) is 0 Å². The van der Waals surface area contributed by atoms with Crippen LogP contribution >= 0.6 is 0 Å². The average Bonchev–Trinajstić information content (AvgIpc) is 2.10. The van der Waals surface area contributed by atoms with Gasteiger partial charge in [0.25, 0.3) is 0 Å². The van der Waals surface area contributed by atoms with Crippen LogP contribution in [-0.2, 0) is 4.79 Å². The first-order chi connectivity index (χ1) is 5.77. The molecule has 0 aliphatic rings. The third-order valence-corrected chi connectivity index (χ3v) is 1.36. The summed E-state index contributed by atoms with van der Waals surface area (Å²) in [6.45, 7) is 0. The summed E-state index contributed by atoms with van der Waals surface area (Å²) in [7, 11) is 0. The minimum atomic E-state index is -0.401. The summed E-state index contributed by atoms with van der Waals surface area (Å²) in [5.41, 5.74) is 0.268. The maximum absolute atomic E-state index is 12.4. The van der Waals surface area contributed by atoms with Crippen LogP contribution in [0.1, 0.15) is 5.56 Å². The predicted molar refractivity (Wildman–Crippen MR) is 40.8 cm³/mol. The van der Waals surface area contributed by atoms with Crippen LogP contribution in [0.3, 0.4) is 0 Å². The monoisotopic (exact) mass is 167 g/mol. The molecule has 1 aromatic rings. The van der Waals surface area contributed by atoms with E-state index < -0.39 is 5.82 Å². The van der Waals surface area contributed by atoms with Gasteiger partial charge in [-0.05, 0) is 24.3 Å². The Kier molecular flexibility index (Phi) is 2.53. The molecule has 0 fully saturated rings. The van der Waals surface area contributed by atoms with Gasteiger partial charge in [-0.3, -0.25) is 4.79 Å². The second-order valence-corrected chi connectivity index (χ2v) is 2.11. The van der Waals surface area contributed by atoms with Gasteiger partial charge in [0.2, 0.25) is 0 Å². The van der Waals surface area contributed by atoms with Crippen molar-refractivity contribution in [2.75, 3.05) is 0 Å². The van der Waals surface area contributed by atoms with Gasteiger partial charge in [-0.15, -0.1) is 0 Å². The van der Waals surface area contributed by atoms with E-state index in [0.29, 0.717) is 11.8 Å². The maximum atomic E-state index is 12.4. The topological polar surface area (TPSA) is 49.7 Å². The third-order valence-electron chi connectivity index (χ3n) is 1.36. The third kappa shape index (κ3) is 1.66. The lowest BCUT2D eigenvalue weighted by Gasteiger charge is -1.94. The fourth-order valence-corrected chi connectivity index (χ4v) is 0.770. The van der Waals surface area contributed by atoms with Crippen LogP contribution in [0.25, 0.3) is 0 Å². The lowest BCUT2D eigenvalue weighted by molar-refractivity contribution is -0.102. The van der Waals surface area contributed by atoms with E-state index in [1.807, 2.05) is 0 Å². The van der Waals surface area contributed by atoms with Gasteiger partial charge in [-0.2, -0.15) is 0 Å². The molecule has 0 spiro atoms. The van der Waals surface area contributed by atoms with E-state index in [0.717, 1.165) is 0 Å². The second-order valence-electron chi connectivity index (χ2n) is 2.11. The summed E-state index contributed by atoms with van der Waals surface area (Å²) in [6, 6.07) is 5.09. The van der Waals surface area contributed by atoms with Crippen LogP contribution in [0, 0.1) is 5.82 Å². The molecule has 12 heavy (non-hydrogen) atoms. The zero-order chi connectivity index (χ0) is 8.97. The Morgan fingerprint density at radius 1 is 1.42 bits per heavy atom. The molecule has 1 rings (SSSR count). The number of oxime groups is 1. The standard InChI is InChI=1S/C8H6FNO2/c9-7-3-1-6(2-4-7)8(5-11)10-12/h1-5,12H/b10-8+. The zero-order valence-electron chi connectivity index (χ0n) is 6.07. The summed E-state index contributed by atoms with van der Waals surface area (Å²) in [5.74, 6) is -0.401. The van der Waals surface area contributed by atoms with E-state index in [1.165, 1.54) is 24.3 Å². The maximum Gasteiger partial charge on any atom is 0.172 e. The Balaban J connectivity index is 3.04. The summed E-state index contributed by atoms with van der Waals surface area (Å²) >= 11 is 0. The van der Waals surface area contributed by atoms with Crippen LogP contribution < -0.4 is 0 Å². The Labute approximate surface area is 68.1 Å². The molecule has 1 N–H and O–H groups in total. The molecule has 0 aliphatic carbocycles. The number of halogens is 1. The molecule has 0 unspecified atom stereocenters. The first-order valence-electron chi connectivity index (χ1n) is 3.21.